The predicted octanol–water partition coefficient (Wildman–Crippen LogP) is 3.70. The van der Waals surface area contributed by atoms with E-state index in [0.29, 0.717) is 24.4 Å². The Morgan fingerprint density at radius 1 is 1.30 bits per heavy atom. The van der Waals surface area contributed by atoms with Crippen molar-refractivity contribution in [2.75, 3.05) is 12.3 Å². The molecule has 0 saturated heterocycles. The van der Waals surface area contributed by atoms with Gasteiger partial charge in [-0.2, -0.15) is 0 Å². The van der Waals surface area contributed by atoms with E-state index in [9.17, 15) is 0 Å². The Kier molecular flexibility index (Phi) is 4.53. The van der Waals surface area contributed by atoms with Crippen LogP contribution in [0.5, 0.6) is 5.75 Å². The molecular formula is C16H25N3O. The summed E-state index contributed by atoms with van der Waals surface area (Å²) in [6.45, 7) is 10.4. The van der Waals surface area contributed by atoms with Gasteiger partial charge in [0.2, 0.25) is 5.95 Å². The summed E-state index contributed by atoms with van der Waals surface area (Å²) >= 11 is 0. The monoisotopic (exact) mass is 275 g/mol. The van der Waals surface area contributed by atoms with Crippen LogP contribution in [0.15, 0.2) is 18.2 Å². The third-order valence-electron chi connectivity index (χ3n) is 3.84. The number of anilines is 1. The molecule has 0 aliphatic rings. The van der Waals surface area contributed by atoms with Gasteiger partial charge in [0.15, 0.2) is 0 Å². The molecule has 0 saturated carbocycles. The number of hydrogen-bond donors (Lipinski definition) is 1. The molecular weight excluding hydrogens is 250 g/mol. The molecule has 0 bridgehead atoms. The first-order valence-corrected chi connectivity index (χ1v) is 7.42. The normalized spacial score (nSPS) is 13.1. The van der Waals surface area contributed by atoms with Gasteiger partial charge < -0.3 is 15.0 Å². The third-order valence-corrected chi connectivity index (χ3v) is 3.84. The second-order valence-electron chi connectivity index (χ2n) is 5.77. The maximum Gasteiger partial charge on any atom is 0.201 e. The van der Waals surface area contributed by atoms with Crippen molar-refractivity contribution in [3.05, 3.63) is 18.2 Å². The second kappa shape index (κ2) is 6.16. The summed E-state index contributed by atoms with van der Waals surface area (Å²) in [7, 11) is 0. The van der Waals surface area contributed by atoms with Crippen LogP contribution in [0, 0.1) is 11.8 Å². The van der Waals surface area contributed by atoms with Crippen LogP contribution in [0.4, 0.5) is 5.95 Å². The zero-order valence-corrected chi connectivity index (χ0v) is 12.9. The van der Waals surface area contributed by atoms with Crippen LogP contribution in [0.25, 0.3) is 11.0 Å². The topological polar surface area (TPSA) is 53.1 Å². The number of nitrogens with zero attached hydrogens (tertiary/aromatic N) is 2. The Balaban J connectivity index is 2.38. The Morgan fingerprint density at radius 2 is 2.05 bits per heavy atom. The number of aromatic nitrogens is 2. The molecule has 1 aromatic carbocycles. The highest BCUT2D eigenvalue weighted by Gasteiger charge is 2.15. The number of hydrogen-bond acceptors (Lipinski definition) is 3. The standard InChI is InChI=1S/C16H25N3O/c1-5-9-20-14-8-6-7-13-15(14)18-16(17)19(13)10-12(4)11(2)3/h6-8,11-12H,5,9-10H2,1-4H3,(H2,17,18). The molecule has 4 heteroatoms. The van der Waals surface area contributed by atoms with Gasteiger partial charge in [0.05, 0.1) is 12.1 Å². The summed E-state index contributed by atoms with van der Waals surface area (Å²) in [5, 5.41) is 0. The van der Waals surface area contributed by atoms with Crippen molar-refractivity contribution in [2.45, 2.75) is 40.7 Å². The van der Waals surface area contributed by atoms with E-state index in [-0.39, 0.29) is 0 Å². The first kappa shape index (κ1) is 14.7. The van der Waals surface area contributed by atoms with Crippen LogP contribution >= 0.6 is 0 Å². The van der Waals surface area contributed by atoms with Crippen LogP contribution in [0.3, 0.4) is 0 Å². The number of ether oxygens (including phenoxy) is 1. The molecule has 1 atom stereocenters. The largest absolute Gasteiger partial charge is 0.491 e. The molecule has 0 radical (unpaired) electrons. The number of nitrogens with two attached hydrogens (primary N) is 1. The van der Waals surface area contributed by atoms with Crippen molar-refractivity contribution in [3.63, 3.8) is 0 Å². The lowest BCUT2D eigenvalue weighted by molar-refractivity contribution is 0.320. The molecule has 1 unspecified atom stereocenters. The number of rotatable bonds is 6. The minimum atomic E-state index is 0.551. The molecule has 1 heterocycles. The maximum absolute atomic E-state index is 6.10. The highest BCUT2D eigenvalue weighted by molar-refractivity contribution is 5.84. The zero-order valence-electron chi connectivity index (χ0n) is 12.9. The summed E-state index contributed by atoms with van der Waals surface area (Å²) in [6.07, 6.45) is 0.983. The lowest BCUT2D eigenvalue weighted by Gasteiger charge is -2.17. The maximum atomic E-state index is 6.10. The Labute approximate surface area is 120 Å². The summed E-state index contributed by atoms with van der Waals surface area (Å²) in [5.74, 6) is 2.56. The van der Waals surface area contributed by atoms with Gasteiger partial charge in [-0.05, 0) is 30.4 Å². The fourth-order valence-corrected chi connectivity index (χ4v) is 2.16. The second-order valence-corrected chi connectivity index (χ2v) is 5.77. The Bertz CT molecular complexity index is 574. The van der Waals surface area contributed by atoms with E-state index >= 15 is 0 Å². The lowest BCUT2D eigenvalue weighted by Crippen LogP contribution is -2.14. The van der Waals surface area contributed by atoms with Gasteiger partial charge in [0, 0.05) is 6.54 Å². The van der Waals surface area contributed by atoms with Crippen molar-refractivity contribution >= 4 is 17.0 Å². The molecule has 0 amide bonds. The molecule has 2 aromatic rings. The van der Waals surface area contributed by atoms with Gasteiger partial charge in [0.1, 0.15) is 11.3 Å². The molecule has 2 rings (SSSR count). The van der Waals surface area contributed by atoms with E-state index in [0.717, 1.165) is 29.7 Å². The minimum Gasteiger partial charge on any atom is -0.491 e. The smallest absolute Gasteiger partial charge is 0.201 e. The number of para-hydroxylation sites is 1. The SMILES string of the molecule is CCCOc1cccc2c1nc(N)n2CC(C)C(C)C. The fraction of sp³-hybridized carbons (Fsp3) is 0.562. The molecule has 20 heavy (non-hydrogen) atoms. The predicted molar refractivity (Wildman–Crippen MR) is 83.9 cm³/mol. The molecule has 110 valence electrons. The number of benzene rings is 1. The molecule has 0 spiro atoms. The number of fused-ring (bicyclic) bond motifs is 1. The number of nitrogen functional groups attached to an aromatic ring is 1. The van der Waals surface area contributed by atoms with Crippen LogP contribution in [-0.2, 0) is 6.54 Å². The molecule has 4 nitrogen and oxygen atoms in total. The van der Waals surface area contributed by atoms with E-state index in [2.05, 4.69) is 43.3 Å². The molecule has 1 aromatic heterocycles. The van der Waals surface area contributed by atoms with Gasteiger partial charge in [-0.25, -0.2) is 4.98 Å². The Morgan fingerprint density at radius 3 is 2.70 bits per heavy atom. The number of imidazole rings is 1. The summed E-state index contributed by atoms with van der Waals surface area (Å²) in [6, 6.07) is 6.02. The molecule has 0 aliphatic carbocycles. The van der Waals surface area contributed by atoms with Crippen molar-refractivity contribution in [2.24, 2.45) is 11.8 Å². The van der Waals surface area contributed by atoms with Crippen molar-refractivity contribution < 1.29 is 4.74 Å². The van der Waals surface area contributed by atoms with Crippen molar-refractivity contribution in [1.82, 2.24) is 9.55 Å². The highest BCUT2D eigenvalue weighted by atomic mass is 16.5. The van der Waals surface area contributed by atoms with Gasteiger partial charge >= 0.3 is 0 Å². The van der Waals surface area contributed by atoms with E-state index in [1.807, 2.05) is 12.1 Å². The van der Waals surface area contributed by atoms with Crippen LogP contribution < -0.4 is 10.5 Å². The lowest BCUT2D eigenvalue weighted by atomic mass is 9.98. The first-order valence-electron chi connectivity index (χ1n) is 7.42. The van der Waals surface area contributed by atoms with Gasteiger partial charge in [-0.3, -0.25) is 0 Å². The summed E-state index contributed by atoms with van der Waals surface area (Å²) in [5.41, 5.74) is 8.02. The summed E-state index contributed by atoms with van der Waals surface area (Å²) in [4.78, 5) is 4.49. The molecule has 0 fully saturated rings. The first-order chi connectivity index (χ1) is 9.54. The molecule has 0 aliphatic heterocycles. The fourth-order valence-electron chi connectivity index (χ4n) is 2.16. The van der Waals surface area contributed by atoms with Crippen molar-refractivity contribution in [3.8, 4) is 5.75 Å². The molecule has 2 N–H and O–H groups in total. The van der Waals surface area contributed by atoms with Gasteiger partial charge in [-0.1, -0.05) is 33.8 Å². The van der Waals surface area contributed by atoms with Gasteiger partial charge in [0.25, 0.3) is 0 Å². The van der Waals surface area contributed by atoms with Crippen LogP contribution in [-0.4, -0.2) is 16.2 Å². The third kappa shape index (κ3) is 2.89. The van der Waals surface area contributed by atoms with Crippen LogP contribution in [0.1, 0.15) is 34.1 Å². The zero-order chi connectivity index (χ0) is 14.7. The quantitative estimate of drug-likeness (QED) is 0.874. The summed E-state index contributed by atoms with van der Waals surface area (Å²) < 4.78 is 7.85. The van der Waals surface area contributed by atoms with E-state index in [1.54, 1.807) is 0 Å². The Hall–Kier alpha value is -1.71. The minimum absolute atomic E-state index is 0.551. The van der Waals surface area contributed by atoms with Crippen molar-refractivity contribution in [1.29, 1.82) is 0 Å². The van der Waals surface area contributed by atoms with Crippen LogP contribution in [0.2, 0.25) is 0 Å². The van der Waals surface area contributed by atoms with E-state index < -0.39 is 0 Å². The average molecular weight is 275 g/mol. The van der Waals surface area contributed by atoms with Gasteiger partial charge in [-0.15, -0.1) is 0 Å². The average Bonchev–Trinajstić information content (AvgIpc) is 2.73. The van der Waals surface area contributed by atoms with E-state index in [4.69, 9.17) is 10.5 Å². The van der Waals surface area contributed by atoms with E-state index in [1.165, 1.54) is 0 Å². The highest BCUT2D eigenvalue weighted by Crippen LogP contribution is 2.28.